The minimum atomic E-state index is -0.597. The normalized spacial score (nSPS) is 12.0. The van der Waals surface area contributed by atoms with Crippen LogP contribution in [0, 0.1) is 25.2 Å². The topological polar surface area (TPSA) is 93.4 Å². The van der Waals surface area contributed by atoms with Crippen LogP contribution in [0.4, 0.5) is 5.69 Å². The number of aryl methyl sites for hydroxylation is 2. The highest BCUT2D eigenvalue weighted by atomic mass is 32.1. The Kier molecular flexibility index (Phi) is 7.56. The molecule has 1 N–H and O–H groups in total. The standard InChI is InChI=1S/C29H25N3O4S/c1-18-12-14-21(15-13-18)31-27(33)22(17-30)29-32(23-10-6-5-8-19(23)2)28(34)25(37-29)16-20-9-7-11-24(35-3)26(20)36-4/h5-16H,1-4H3,(H,31,33)/b25-16+,29-22-. The van der Waals surface area contributed by atoms with Crippen molar-refractivity contribution in [2.45, 2.75) is 13.8 Å². The van der Waals surface area contributed by atoms with Crippen LogP contribution in [0.1, 0.15) is 16.7 Å². The lowest BCUT2D eigenvalue weighted by molar-refractivity contribution is -0.111. The lowest BCUT2D eigenvalue weighted by Gasteiger charge is -2.09. The number of nitrogens with one attached hydrogen (secondary N) is 1. The predicted octanol–water partition coefficient (Wildman–Crippen LogP) is 3.67. The van der Waals surface area contributed by atoms with Gasteiger partial charge in [0.25, 0.3) is 11.5 Å². The van der Waals surface area contributed by atoms with Gasteiger partial charge < -0.3 is 14.8 Å². The molecule has 0 aliphatic heterocycles. The Balaban J connectivity index is 2.00. The molecule has 1 aromatic heterocycles. The van der Waals surface area contributed by atoms with E-state index in [-0.39, 0.29) is 15.8 Å². The first kappa shape index (κ1) is 25.5. The number of hydrogen-bond acceptors (Lipinski definition) is 6. The summed E-state index contributed by atoms with van der Waals surface area (Å²) in [6.45, 7) is 3.82. The summed E-state index contributed by atoms with van der Waals surface area (Å²) in [5.41, 5.74) is 3.13. The van der Waals surface area contributed by atoms with Gasteiger partial charge in [-0.25, -0.2) is 0 Å². The van der Waals surface area contributed by atoms with Crippen molar-refractivity contribution in [1.29, 1.82) is 5.26 Å². The number of hydrogen-bond donors (Lipinski definition) is 1. The molecule has 0 saturated heterocycles. The van der Waals surface area contributed by atoms with Gasteiger partial charge in [-0.15, -0.1) is 11.3 Å². The number of aromatic nitrogens is 1. The third-order valence-electron chi connectivity index (χ3n) is 5.76. The maximum Gasteiger partial charge on any atom is 0.273 e. The first-order chi connectivity index (χ1) is 17.9. The summed E-state index contributed by atoms with van der Waals surface area (Å²) >= 11 is 1.07. The number of benzene rings is 3. The molecule has 0 fully saturated rings. The van der Waals surface area contributed by atoms with Crippen LogP contribution >= 0.6 is 11.3 Å². The first-order valence-electron chi connectivity index (χ1n) is 11.4. The predicted molar refractivity (Wildman–Crippen MR) is 146 cm³/mol. The zero-order valence-corrected chi connectivity index (χ0v) is 21.7. The molecule has 0 unspecified atom stereocenters. The number of carbonyl (C=O) groups is 1. The van der Waals surface area contributed by atoms with Crippen molar-refractivity contribution in [2.75, 3.05) is 19.5 Å². The number of amides is 1. The first-order valence-corrected chi connectivity index (χ1v) is 12.2. The van der Waals surface area contributed by atoms with Gasteiger partial charge in [-0.2, -0.15) is 5.26 Å². The van der Waals surface area contributed by atoms with Crippen molar-refractivity contribution in [2.24, 2.45) is 0 Å². The van der Waals surface area contributed by atoms with Gasteiger partial charge in [-0.1, -0.05) is 48.0 Å². The molecule has 0 atom stereocenters. The zero-order chi connectivity index (χ0) is 26.5. The summed E-state index contributed by atoms with van der Waals surface area (Å²) in [5.74, 6) is 0.401. The van der Waals surface area contributed by atoms with Crippen LogP contribution in [0.25, 0.3) is 17.3 Å². The van der Waals surface area contributed by atoms with Crippen molar-refractivity contribution in [3.05, 3.63) is 103 Å². The Labute approximate surface area is 218 Å². The van der Waals surface area contributed by atoms with Gasteiger partial charge in [0.05, 0.1) is 24.4 Å². The number of nitrogens with zero attached hydrogens (tertiary/aromatic N) is 2. The van der Waals surface area contributed by atoms with Gasteiger partial charge in [0, 0.05) is 11.3 Å². The monoisotopic (exact) mass is 511 g/mol. The highest BCUT2D eigenvalue weighted by Gasteiger charge is 2.18. The van der Waals surface area contributed by atoms with Crippen LogP contribution in [-0.4, -0.2) is 24.7 Å². The van der Waals surface area contributed by atoms with E-state index in [0.29, 0.717) is 33.0 Å². The summed E-state index contributed by atoms with van der Waals surface area (Å²) in [4.78, 5) is 27.0. The van der Waals surface area contributed by atoms with Crippen LogP contribution < -0.4 is 29.5 Å². The van der Waals surface area contributed by atoms with Crippen LogP contribution in [0.5, 0.6) is 11.5 Å². The molecule has 0 radical (unpaired) electrons. The number of thiazole rings is 1. The SMILES string of the molecule is COc1cccc(/C=c2/s/c(=C(/C#N)C(=O)Nc3ccc(C)cc3)n(-c3ccccc3C)c2=O)c1OC. The summed E-state index contributed by atoms with van der Waals surface area (Å²) < 4.78 is 12.9. The van der Waals surface area contributed by atoms with E-state index < -0.39 is 5.91 Å². The largest absolute Gasteiger partial charge is 0.493 e. The number of ether oxygens (including phenoxy) is 2. The molecule has 0 bridgehead atoms. The van der Waals surface area contributed by atoms with E-state index in [1.807, 2.05) is 50.2 Å². The molecule has 0 saturated carbocycles. The van der Waals surface area contributed by atoms with Crippen molar-refractivity contribution < 1.29 is 14.3 Å². The Morgan fingerprint density at radius 1 is 1.00 bits per heavy atom. The summed E-state index contributed by atoms with van der Waals surface area (Å²) in [7, 11) is 3.06. The third-order valence-corrected chi connectivity index (χ3v) is 6.85. The number of nitriles is 1. The van der Waals surface area contributed by atoms with Crippen LogP contribution in [-0.2, 0) is 4.79 Å². The number of para-hydroxylation sites is 2. The minimum absolute atomic E-state index is 0.164. The number of anilines is 1. The molecule has 4 aromatic rings. The van der Waals surface area contributed by atoms with Crippen LogP contribution in [0.15, 0.2) is 71.5 Å². The molecular weight excluding hydrogens is 486 g/mol. The lowest BCUT2D eigenvalue weighted by Crippen LogP contribution is -2.32. The molecule has 4 rings (SSSR count). The lowest BCUT2D eigenvalue weighted by atomic mass is 10.1. The summed E-state index contributed by atoms with van der Waals surface area (Å²) in [5, 5.41) is 12.8. The Morgan fingerprint density at radius 2 is 1.73 bits per heavy atom. The third kappa shape index (κ3) is 5.17. The van der Waals surface area contributed by atoms with Gasteiger partial charge in [0.1, 0.15) is 10.7 Å². The van der Waals surface area contributed by atoms with Gasteiger partial charge in [-0.05, 0) is 49.8 Å². The van der Waals surface area contributed by atoms with Crippen molar-refractivity contribution in [3.8, 4) is 23.3 Å². The van der Waals surface area contributed by atoms with Crippen LogP contribution in [0.2, 0.25) is 0 Å². The number of methoxy groups -OCH3 is 2. The molecule has 3 aromatic carbocycles. The second kappa shape index (κ2) is 11.0. The fourth-order valence-corrected chi connectivity index (χ4v) is 4.96. The van der Waals surface area contributed by atoms with E-state index in [0.717, 1.165) is 22.5 Å². The molecular formula is C29H25N3O4S. The van der Waals surface area contributed by atoms with Crippen molar-refractivity contribution in [3.63, 3.8) is 0 Å². The van der Waals surface area contributed by atoms with Gasteiger partial charge in [0.15, 0.2) is 17.1 Å². The Bertz CT molecular complexity index is 1690. The Hall–Kier alpha value is -4.61. The average Bonchev–Trinajstić information content (AvgIpc) is 3.21. The van der Waals surface area contributed by atoms with E-state index in [1.54, 1.807) is 42.5 Å². The smallest absolute Gasteiger partial charge is 0.273 e. The number of carbonyl (C=O) groups excluding carboxylic acids is 1. The van der Waals surface area contributed by atoms with Gasteiger partial charge in [-0.3, -0.25) is 14.2 Å². The highest BCUT2D eigenvalue weighted by molar-refractivity contribution is 7.07. The molecule has 0 aliphatic rings. The summed E-state index contributed by atoms with van der Waals surface area (Å²) in [6.07, 6.45) is 1.68. The minimum Gasteiger partial charge on any atom is -0.493 e. The van der Waals surface area contributed by atoms with Gasteiger partial charge in [0.2, 0.25) is 0 Å². The summed E-state index contributed by atoms with van der Waals surface area (Å²) in [6, 6.07) is 22.0. The molecule has 1 heterocycles. The van der Waals surface area contributed by atoms with E-state index >= 15 is 0 Å². The zero-order valence-electron chi connectivity index (χ0n) is 20.9. The van der Waals surface area contributed by atoms with Gasteiger partial charge >= 0.3 is 0 Å². The molecule has 1 amide bonds. The van der Waals surface area contributed by atoms with Crippen molar-refractivity contribution in [1.82, 2.24) is 4.57 Å². The van der Waals surface area contributed by atoms with E-state index in [9.17, 15) is 14.9 Å². The van der Waals surface area contributed by atoms with E-state index in [2.05, 4.69) is 5.32 Å². The van der Waals surface area contributed by atoms with Crippen molar-refractivity contribution >= 4 is 34.6 Å². The Morgan fingerprint density at radius 3 is 2.38 bits per heavy atom. The quantitative estimate of drug-likeness (QED) is 0.426. The maximum absolute atomic E-state index is 13.8. The molecule has 8 heteroatoms. The maximum atomic E-state index is 13.8. The molecule has 7 nitrogen and oxygen atoms in total. The second-order valence-electron chi connectivity index (χ2n) is 8.23. The fraction of sp³-hybridized carbons (Fsp3) is 0.138. The molecule has 0 aliphatic carbocycles. The number of rotatable bonds is 6. The molecule has 186 valence electrons. The van der Waals surface area contributed by atoms with Crippen LogP contribution in [0.3, 0.4) is 0 Å². The highest BCUT2D eigenvalue weighted by Crippen LogP contribution is 2.31. The van der Waals surface area contributed by atoms with E-state index in [4.69, 9.17) is 9.47 Å². The molecule has 0 spiro atoms. The van der Waals surface area contributed by atoms with E-state index in [1.165, 1.54) is 18.8 Å². The second-order valence-corrected chi connectivity index (χ2v) is 9.26. The fourth-order valence-electron chi connectivity index (χ4n) is 3.88. The molecule has 37 heavy (non-hydrogen) atoms. The average molecular weight is 512 g/mol.